The third-order valence-electron chi connectivity index (χ3n) is 4.51. The molecule has 0 spiro atoms. The molecule has 1 aliphatic rings. The van der Waals surface area contributed by atoms with Crippen molar-refractivity contribution in [3.63, 3.8) is 0 Å². The summed E-state index contributed by atoms with van der Waals surface area (Å²) in [6.07, 6.45) is 3.18. The van der Waals surface area contributed by atoms with Crippen LogP contribution in [0.15, 0.2) is 48.8 Å². The van der Waals surface area contributed by atoms with Gasteiger partial charge in [0.15, 0.2) is 5.82 Å². The van der Waals surface area contributed by atoms with E-state index in [1.807, 2.05) is 6.92 Å². The second-order valence-corrected chi connectivity index (χ2v) is 6.88. The molecule has 28 heavy (non-hydrogen) atoms. The second kappa shape index (κ2) is 6.61. The minimum atomic E-state index is -0.424. The van der Waals surface area contributed by atoms with E-state index in [-0.39, 0.29) is 16.5 Å². The van der Waals surface area contributed by atoms with Gasteiger partial charge in [0.05, 0.1) is 21.8 Å². The number of hydrogen-bond acceptors (Lipinski definition) is 4. The molecule has 0 radical (unpaired) electrons. The number of hydrogen-bond donors (Lipinski definition) is 1. The molecule has 140 valence electrons. The Hall–Kier alpha value is -3.45. The van der Waals surface area contributed by atoms with Crippen LogP contribution in [0.3, 0.4) is 0 Å². The predicted octanol–water partition coefficient (Wildman–Crippen LogP) is 3.43. The highest BCUT2D eigenvalue weighted by atomic mass is 35.5. The first-order valence-electron chi connectivity index (χ1n) is 8.44. The van der Waals surface area contributed by atoms with Crippen molar-refractivity contribution in [2.75, 3.05) is 10.2 Å². The van der Waals surface area contributed by atoms with Crippen LogP contribution < -0.4 is 10.2 Å². The summed E-state index contributed by atoms with van der Waals surface area (Å²) in [5, 5.41) is 2.87. The van der Waals surface area contributed by atoms with Gasteiger partial charge in [0, 0.05) is 25.1 Å². The summed E-state index contributed by atoms with van der Waals surface area (Å²) in [5.41, 5.74) is 2.28. The Morgan fingerprint density at radius 2 is 1.82 bits per heavy atom. The largest absolute Gasteiger partial charge is 0.330 e. The lowest BCUT2D eigenvalue weighted by Crippen LogP contribution is -2.29. The fourth-order valence-electron chi connectivity index (χ4n) is 3.11. The molecular weight excluding hydrogens is 380 g/mol. The fraction of sp³-hybridized carbons (Fsp3) is 0.100. The summed E-state index contributed by atoms with van der Waals surface area (Å²) in [4.78, 5) is 42.7. The maximum atomic E-state index is 12.7. The third kappa shape index (κ3) is 2.86. The molecule has 0 saturated heterocycles. The number of fused-ring (bicyclic) bond motifs is 1. The minimum absolute atomic E-state index is 0.170. The van der Waals surface area contributed by atoms with Crippen LogP contribution >= 0.6 is 11.6 Å². The first-order chi connectivity index (χ1) is 13.4. The summed E-state index contributed by atoms with van der Waals surface area (Å²) >= 11 is 6.34. The SMILES string of the molecule is Cc1ccc2c(c1)C(=O)N(c1ccc(NC(=O)c3nccn3C)cc1Cl)C2=O. The summed E-state index contributed by atoms with van der Waals surface area (Å²) in [5.74, 6) is -0.995. The molecule has 3 amide bonds. The van der Waals surface area contributed by atoms with E-state index in [0.717, 1.165) is 10.5 Å². The molecule has 0 bridgehead atoms. The van der Waals surface area contributed by atoms with Gasteiger partial charge in [0.2, 0.25) is 0 Å². The normalized spacial score (nSPS) is 13.0. The molecule has 0 atom stereocenters. The van der Waals surface area contributed by atoms with E-state index in [9.17, 15) is 14.4 Å². The summed E-state index contributed by atoms with van der Waals surface area (Å²) < 4.78 is 1.59. The zero-order valence-electron chi connectivity index (χ0n) is 15.1. The highest BCUT2D eigenvalue weighted by Gasteiger charge is 2.37. The quantitative estimate of drug-likeness (QED) is 0.690. The Morgan fingerprint density at radius 3 is 2.50 bits per heavy atom. The fourth-order valence-corrected chi connectivity index (χ4v) is 3.38. The Bertz CT molecular complexity index is 1150. The smallest absolute Gasteiger partial charge is 0.291 e. The Morgan fingerprint density at radius 1 is 1.07 bits per heavy atom. The number of amides is 3. The van der Waals surface area contributed by atoms with Gasteiger partial charge in [-0.25, -0.2) is 9.88 Å². The average molecular weight is 395 g/mol. The molecule has 8 heteroatoms. The van der Waals surface area contributed by atoms with Gasteiger partial charge in [-0.1, -0.05) is 23.2 Å². The van der Waals surface area contributed by atoms with E-state index >= 15 is 0 Å². The maximum Gasteiger partial charge on any atom is 0.291 e. The van der Waals surface area contributed by atoms with Crippen LogP contribution in [0.4, 0.5) is 11.4 Å². The van der Waals surface area contributed by atoms with Crippen molar-refractivity contribution in [3.8, 4) is 0 Å². The molecule has 4 rings (SSSR count). The van der Waals surface area contributed by atoms with Crippen LogP contribution in [-0.2, 0) is 7.05 Å². The van der Waals surface area contributed by atoms with Crippen LogP contribution in [0.5, 0.6) is 0 Å². The Balaban J connectivity index is 1.62. The number of nitrogens with zero attached hydrogens (tertiary/aromatic N) is 3. The number of imide groups is 1. The van der Waals surface area contributed by atoms with Crippen LogP contribution in [0.2, 0.25) is 5.02 Å². The maximum absolute atomic E-state index is 12.7. The van der Waals surface area contributed by atoms with Gasteiger partial charge in [-0.3, -0.25) is 14.4 Å². The van der Waals surface area contributed by atoms with Crippen molar-refractivity contribution in [2.24, 2.45) is 7.05 Å². The van der Waals surface area contributed by atoms with E-state index in [1.54, 1.807) is 42.1 Å². The third-order valence-corrected chi connectivity index (χ3v) is 4.82. The molecule has 1 aromatic heterocycles. The van der Waals surface area contributed by atoms with E-state index in [2.05, 4.69) is 10.3 Å². The lowest BCUT2D eigenvalue weighted by Gasteiger charge is -2.16. The zero-order valence-corrected chi connectivity index (χ0v) is 15.8. The molecule has 2 heterocycles. The van der Waals surface area contributed by atoms with Crippen molar-refractivity contribution in [2.45, 2.75) is 6.92 Å². The van der Waals surface area contributed by atoms with E-state index in [0.29, 0.717) is 16.8 Å². The van der Waals surface area contributed by atoms with Crippen molar-refractivity contribution in [3.05, 3.63) is 76.3 Å². The number of carbonyl (C=O) groups excluding carboxylic acids is 3. The standard InChI is InChI=1S/C20H15ClN4O3/c1-11-3-5-13-14(9-11)20(28)25(19(13)27)16-6-4-12(10-15(16)21)23-18(26)17-22-7-8-24(17)2/h3-10H,1-2H3,(H,23,26). The number of aromatic nitrogens is 2. The average Bonchev–Trinajstić information content (AvgIpc) is 3.18. The van der Waals surface area contributed by atoms with Gasteiger partial charge >= 0.3 is 0 Å². The molecule has 0 unspecified atom stereocenters. The van der Waals surface area contributed by atoms with Gasteiger partial charge < -0.3 is 9.88 Å². The lowest BCUT2D eigenvalue weighted by molar-refractivity contribution is 0.0924. The van der Waals surface area contributed by atoms with E-state index < -0.39 is 17.7 Å². The molecule has 2 aromatic carbocycles. The molecular formula is C20H15ClN4O3. The minimum Gasteiger partial charge on any atom is -0.330 e. The number of halogens is 1. The van der Waals surface area contributed by atoms with Crippen molar-refractivity contribution in [1.29, 1.82) is 0 Å². The molecule has 0 saturated carbocycles. The van der Waals surface area contributed by atoms with Crippen LogP contribution in [0, 0.1) is 6.92 Å². The Labute approximate surface area is 165 Å². The monoisotopic (exact) mass is 394 g/mol. The number of aryl methyl sites for hydroxylation is 2. The number of imidazole rings is 1. The summed E-state index contributed by atoms with van der Waals surface area (Å²) in [7, 11) is 1.71. The predicted molar refractivity (Wildman–Crippen MR) is 105 cm³/mol. The highest BCUT2D eigenvalue weighted by Crippen LogP contribution is 2.35. The number of anilines is 2. The molecule has 0 fully saturated rings. The van der Waals surface area contributed by atoms with E-state index in [1.165, 1.54) is 18.3 Å². The highest BCUT2D eigenvalue weighted by molar-refractivity contribution is 6.40. The first kappa shape index (κ1) is 17.9. The number of nitrogens with one attached hydrogen (secondary N) is 1. The van der Waals surface area contributed by atoms with Crippen molar-refractivity contribution < 1.29 is 14.4 Å². The summed E-state index contributed by atoms with van der Waals surface area (Å²) in [6.45, 7) is 1.85. The van der Waals surface area contributed by atoms with Crippen molar-refractivity contribution in [1.82, 2.24) is 9.55 Å². The van der Waals surface area contributed by atoms with Crippen LogP contribution in [-0.4, -0.2) is 27.3 Å². The van der Waals surface area contributed by atoms with Crippen molar-refractivity contribution >= 4 is 40.7 Å². The first-order valence-corrected chi connectivity index (χ1v) is 8.82. The molecule has 1 aliphatic heterocycles. The molecule has 3 aromatic rings. The topological polar surface area (TPSA) is 84.3 Å². The van der Waals surface area contributed by atoms with Gasteiger partial charge in [0.1, 0.15) is 0 Å². The van der Waals surface area contributed by atoms with Gasteiger partial charge in [-0.15, -0.1) is 0 Å². The number of carbonyl (C=O) groups is 3. The summed E-state index contributed by atoms with van der Waals surface area (Å²) in [6, 6.07) is 9.71. The van der Waals surface area contributed by atoms with E-state index in [4.69, 9.17) is 11.6 Å². The number of rotatable bonds is 3. The lowest BCUT2D eigenvalue weighted by atomic mass is 10.1. The molecule has 7 nitrogen and oxygen atoms in total. The van der Waals surface area contributed by atoms with Gasteiger partial charge in [0.25, 0.3) is 17.7 Å². The molecule has 1 N–H and O–H groups in total. The zero-order chi connectivity index (χ0) is 20.0. The van der Waals surface area contributed by atoms with Gasteiger partial charge in [-0.05, 0) is 37.3 Å². The molecule has 0 aliphatic carbocycles. The van der Waals surface area contributed by atoms with Crippen LogP contribution in [0.1, 0.15) is 36.9 Å². The van der Waals surface area contributed by atoms with Gasteiger partial charge in [-0.2, -0.15) is 0 Å². The number of benzene rings is 2. The second-order valence-electron chi connectivity index (χ2n) is 6.48. The Kier molecular flexibility index (Phi) is 4.24. The van der Waals surface area contributed by atoms with Crippen LogP contribution in [0.25, 0.3) is 0 Å².